The van der Waals surface area contributed by atoms with Gasteiger partial charge in [-0.3, -0.25) is 9.78 Å². The standard InChI is InChI=1S/C16H13N3O3/c20-15(14-8-10-3-1-2-4-13(10)19-14)18-9-12-7-11(16(21)22)5-6-17-12/h1-8,19H,9H2,(H,18,20)(H,21,22). The van der Waals surface area contributed by atoms with Crippen molar-refractivity contribution in [2.75, 3.05) is 0 Å². The van der Waals surface area contributed by atoms with E-state index < -0.39 is 5.97 Å². The number of hydrogen-bond acceptors (Lipinski definition) is 3. The Kier molecular flexibility index (Phi) is 3.57. The van der Waals surface area contributed by atoms with E-state index in [1.165, 1.54) is 18.3 Å². The Morgan fingerprint density at radius 3 is 2.77 bits per heavy atom. The van der Waals surface area contributed by atoms with Gasteiger partial charge in [0.15, 0.2) is 0 Å². The molecule has 2 aromatic heterocycles. The maximum absolute atomic E-state index is 12.1. The lowest BCUT2D eigenvalue weighted by atomic mass is 10.2. The third kappa shape index (κ3) is 2.80. The summed E-state index contributed by atoms with van der Waals surface area (Å²) in [5, 5.41) is 12.6. The van der Waals surface area contributed by atoms with Crippen molar-refractivity contribution in [2.45, 2.75) is 6.54 Å². The average molecular weight is 295 g/mol. The SMILES string of the molecule is O=C(O)c1ccnc(CNC(=O)c2cc3ccccc3[nH]2)c1. The highest BCUT2D eigenvalue weighted by Crippen LogP contribution is 2.14. The number of carbonyl (C=O) groups excluding carboxylic acids is 1. The summed E-state index contributed by atoms with van der Waals surface area (Å²) in [5.41, 5.74) is 1.98. The molecule has 0 bridgehead atoms. The second kappa shape index (κ2) is 5.69. The van der Waals surface area contributed by atoms with Crippen LogP contribution in [0.1, 0.15) is 26.5 Å². The number of nitrogens with one attached hydrogen (secondary N) is 2. The first-order valence-corrected chi connectivity index (χ1v) is 6.67. The molecule has 0 radical (unpaired) electrons. The highest BCUT2D eigenvalue weighted by atomic mass is 16.4. The van der Waals surface area contributed by atoms with Crippen LogP contribution in [0.4, 0.5) is 0 Å². The number of aromatic nitrogens is 2. The predicted molar refractivity (Wildman–Crippen MR) is 80.7 cm³/mol. The molecule has 0 aliphatic rings. The zero-order valence-corrected chi connectivity index (χ0v) is 11.5. The molecule has 0 fully saturated rings. The van der Waals surface area contributed by atoms with Crippen molar-refractivity contribution < 1.29 is 14.7 Å². The number of amides is 1. The molecule has 2 heterocycles. The van der Waals surface area contributed by atoms with Crippen molar-refractivity contribution in [2.24, 2.45) is 0 Å². The summed E-state index contributed by atoms with van der Waals surface area (Å²) in [7, 11) is 0. The van der Waals surface area contributed by atoms with Crippen molar-refractivity contribution in [3.05, 3.63) is 65.6 Å². The van der Waals surface area contributed by atoms with Crippen molar-refractivity contribution in [1.82, 2.24) is 15.3 Å². The Hall–Kier alpha value is -3.15. The molecule has 1 aromatic carbocycles. The van der Waals surface area contributed by atoms with Gasteiger partial charge in [0, 0.05) is 17.1 Å². The number of carboxylic acids is 1. The van der Waals surface area contributed by atoms with Gasteiger partial charge in [-0.25, -0.2) is 4.79 Å². The van der Waals surface area contributed by atoms with E-state index in [1.54, 1.807) is 6.07 Å². The maximum atomic E-state index is 12.1. The lowest BCUT2D eigenvalue weighted by molar-refractivity contribution is 0.0696. The highest BCUT2D eigenvalue weighted by Gasteiger charge is 2.10. The van der Waals surface area contributed by atoms with Crippen LogP contribution in [0.5, 0.6) is 0 Å². The summed E-state index contributed by atoms with van der Waals surface area (Å²) in [5.74, 6) is -1.29. The maximum Gasteiger partial charge on any atom is 0.335 e. The molecule has 1 amide bonds. The third-order valence-electron chi connectivity index (χ3n) is 3.27. The van der Waals surface area contributed by atoms with Crippen LogP contribution in [0.15, 0.2) is 48.7 Å². The molecule has 0 aliphatic carbocycles. The fourth-order valence-electron chi connectivity index (χ4n) is 2.17. The minimum atomic E-state index is -1.02. The van der Waals surface area contributed by atoms with E-state index in [0.717, 1.165) is 10.9 Å². The second-order valence-electron chi connectivity index (χ2n) is 4.79. The summed E-state index contributed by atoms with van der Waals surface area (Å²) in [6.45, 7) is 0.162. The lowest BCUT2D eigenvalue weighted by Gasteiger charge is -2.04. The number of fused-ring (bicyclic) bond motifs is 1. The average Bonchev–Trinajstić information content (AvgIpc) is 2.97. The number of pyridine rings is 1. The molecule has 110 valence electrons. The lowest BCUT2D eigenvalue weighted by Crippen LogP contribution is -2.23. The van der Waals surface area contributed by atoms with Gasteiger partial charge in [0.25, 0.3) is 5.91 Å². The minimum absolute atomic E-state index is 0.143. The molecule has 0 saturated carbocycles. The van der Waals surface area contributed by atoms with Gasteiger partial charge in [0.2, 0.25) is 0 Å². The third-order valence-corrected chi connectivity index (χ3v) is 3.27. The van der Waals surface area contributed by atoms with Gasteiger partial charge >= 0.3 is 5.97 Å². The molecule has 0 aliphatic heterocycles. The number of carboxylic acid groups (broad SMARTS) is 1. The Bertz CT molecular complexity index is 821. The number of benzene rings is 1. The monoisotopic (exact) mass is 295 g/mol. The van der Waals surface area contributed by atoms with Crippen LogP contribution in [0, 0.1) is 0 Å². The number of aromatic carboxylic acids is 1. The highest BCUT2D eigenvalue weighted by molar-refractivity contribution is 5.97. The molecule has 6 heteroatoms. The van der Waals surface area contributed by atoms with Crippen LogP contribution < -0.4 is 5.32 Å². The first-order chi connectivity index (χ1) is 10.6. The summed E-state index contributed by atoms with van der Waals surface area (Å²) < 4.78 is 0. The molecular formula is C16H13N3O3. The Morgan fingerprint density at radius 1 is 1.18 bits per heavy atom. The number of aromatic amines is 1. The molecule has 3 rings (SSSR count). The van der Waals surface area contributed by atoms with E-state index in [-0.39, 0.29) is 18.0 Å². The van der Waals surface area contributed by atoms with Crippen molar-refractivity contribution in [1.29, 1.82) is 0 Å². The predicted octanol–water partition coefficient (Wildman–Crippen LogP) is 2.19. The van der Waals surface area contributed by atoms with Crippen molar-refractivity contribution >= 4 is 22.8 Å². The molecule has 0 saturated heterocycles. The van der Waals surface area contributed by atoms with E-state index in [9.17, 15) is 9.59 Å². The molecule has 6 nitrogen and oxygen atoms in total. The number of rotatable bonds is 4. The quantitative estimate of drug-likeness (QED) is 0.687. The summed E-state index contributed by atoms with van der Waals surface area (Å²) in [4.78, 5) is 30.1. The van der Waals surface area contributed by atoms with Gasteiger partial charge in [-0.2, -0.15) is 0 Å². The van der Waals surface area contributed by atoms with Crippen LogP contribution in [0.25, 0.3) is 10.9 Å². The molecule has 3 aromatic rings. The largest absolute Gasteiger partial charge is 0.478 e. The zero-order chi connectivity index (χ0) is 15.5. The zero-order valence-electron chi connectivity index (χ0n) is 11.5. The molecule has 0 atom stereocenters. The smallest absolute Gasteiger partial charge is 0.335 e. The summed E-state index contributed by atoms with van der Waals surface area (Å²) in [6.07, 6.45) is 1.41. The number of para-hydroxylation sites is 1. The van der Waals surface area contributed by atoms with E-state index in [0.29, 0.717) is 11.4 Å². The van der Waals surface area contributed by atoms with E-state index >= 15 is 0 Å². The summed E-state index contributed by atoms with van der Waals surface area (Å²) >= 11 is 0. The first-order valence-electron chi connectivity index (χ1n) is 6.67. The van der Waals surface area contributed by atoms with E-state index in [2.05, 4.69) is 15.3 Å². The normalized spacial score (nSPS) is 10.5. The number of hydrogen-bond donors (Lipinski definition) is 3. The number of H-pyrrole nitrogens is 1. The molecule has 0 spiro atoms. The Morgan fingerprint density at radius 2 is 2.00 bits per heavy atom. The van der Waals surface area contributed by atoms with E-state index in [4.69, 9.17) is 5.11 Å². The van der Waals surface area contributed by atoms with Crippen LogP contribution in [0.2, 0.25) is 0 Å². The van der Waals surface area contributed by atoms with Gasteiger partial charge < -0.3 is 15.4 Å². The van der Waals surface area contributed by atoms with Gasteiger partial charge in [-0.15, -0.1) is 0 Å². The van der Waals surface area contributed by atoms with Gasteiger partial charge in [-0.1, -0.05) is 18.2 Å². The minimum Gasteiger partial charge on any atom is -0.478 e. The van der Waals surface area contributed by atoms with Gasteiger partial charge in [0.1, 0.15) is 5.69 Å². The van der Waals surface area contributed by atoms with Gasteiger partial charge in [0.05, 0.1) is 17.8 Å². The molecule has 3 N–H and O–H groups in total. The number of carbonyl (C=O) groups is 2. The van der Waals surface area contributed by atoms with Crippen LogP contribution in [-0.2, 0) is 6.54 Å². The topological polar surface area (TPSA) is 95.1 Å². The fourth-order valence-corrected chi connectivity index (χ4v) is 2.17. The van der Waals surface area contributed by atoms with Crippen LogP contribution in [-0.4, -0.2) is 27.0 Å². The van der Waals surface area contributed by atoms with Gasteiger partial charge in [-0.05, 0) is 24.3 Å². The molecular weight excluding hydrogens is 282 g/mol. The number of nitrogens with zero attached hydrogens (tertiary/aromatic N) is 1. The van der Waals surface area contributed by atoms with Crippen molar-refractivity contribution in [3.63, 3.8) is 0 Å². The Balaban J connectivity index is 1.72. The van der Waals surface area contributed by atoms with Crippen LogP contribution >= 0.6 is 0 Å². The fraction of sp³-hybridized carbons (Fsp3) is 0.0625. The van der Waals surface area contributed by atoms with Crippen LogP contribution in [0.3, 0.4) is 0 Å². The molecule has 22 heavy (non-hydrogen) atoms. The van der Waals surface area contributed by atoms with Crippen molar-refractivity contribution in [3.8, 4) is 0 Å². The first kappa shape index (κ1) is 13.8. The van der Waals surface area contributed by atoms with E-state index in [1.807, 2.05) is 24.3 Å². The molecule has 0 unspecified atom stereocenters. The summed E-state index contributed by atoms with van der Waals surface area (Å²) in [6, 6.07) is 12.2. The second-order valence-corrected chi connectivity index (χ2v) is 4.79. The Labute approximate surface area is 125 Å².